The lowest BCUT2D eigenvalue weighted by molar-refractivity contribution is 0.185. The Morgan fingerprint density at radius 3 is 2.78 bits per heavy atom. The largest absolute Gasteiger partial charge is 0.381 e. The van der Waals surface area contributed by atoms with Crippen molar-refractivity contribution >= 4 is 21.7 Å². The third-order valence-electron chi connectivity index (χ3n) is 3.62. The summed E-state index contributed by atoms with van der Waals surface area (Å²) in [6.07, 6.45) is 4.57. The summed E-state index contributed by atoms with van der Waals surface area (Å²) in [5, 5.41) is 3.15. The third kappa shape index (κ3) is 2.52. The number of hydrogen-bond acceptors (Lipinski definition) is 4. The number of ether oxygens (including phenoxy) is 1. The van der Waals surface area contributed by atoms with Gasteiger partial charge < -0.3 is 10.1 Å². The van der Waals surface area contributed by atoms with Crippen LogP contribution in [0.5, 0.6) is 0 Å². The Hall–Kier alpha value is -0.680. The Kier molecular flexibility index (Phi) is 3.52. The molecule has 3 rings (SSSR count). The van der Waals surface area contributed by atoms with Crippen LogP contribution >= 0.6 is 15.9 Å². The molecule has 0 radical (unpaired) electrons. The maximum atomic E-state index is 5.42. The first-order valence-electron chi connectivity index (χ1n) is 6.59. The molecule has 1 aromatic heterocycles. The van der Waals surface area contributed by atoms with Crippen LogP contribution in [0.1, 0.15) is 36.7 Å². The molecule has 1 unspecified atom stereocenters. The summed E-state index contributed by atoms with van der Waals surface area (Å²) >= 11 is 3.62. The van der Waals surface area contributed by atoms with E-state index in [0.29, 0.717) is 11.8 Å². The zero-order valence-corrected chi connectivity index (χ0v) is 12.2. The maximum Gasteiger partial charge on any atom is 0.144 e. The van der Waals surface area contributed by atoms with Gasteiger partial charge in [0, 0.05) is 32.6 Å². The number of anilines is 1. The molecular formula is C13H18BrN3O. The molecule has 1 aliphatic heterocycles. The molecular weight excluding hydrogens is 294 g/mol. The van der Waals surface area contributed by atoms with Crippen molar-refractivity contribution in [2.45, 2.75) is 31.6 Å². The zero-order valence-electron chi connectivity index (χ0n) is 10.6. The smallest absolute Gasteiger partial charge is 0.144 e. The number of hydrogen-bond donors (Lipinski definition) is 1. The van der Waals surface area contributed by atoms with Gasteiger partial charge in [-0.3, -0.25) is 0 Å². The van der Waals surface area contributed by atoms with Crippen molar-refractivity contribution in [2.24, 2.45) is 5.92 Å². The standard InChI is InChI=1S/C13H18BrN3O/c1-15-13-11(14)12(9-2-3-9)16-10(17-13)6-8-4-5-18-7-8/h8-9H,2-7H2,1H3,(H,15,16,17). The van der Waals surface area contributed by atoms with E-state index in [1.54, 1.807) is 0 Å². The number of nitrogens with one attached hydrogen (secondary N) is 1. The summed E-state index contributed by atoms with van der Waals surface area (Å²) in [4.78, 5) is 9.35. The van der Waals surface area contributed by atoms with Gasteiger partial charge in [0.1, 0.15) is 11.6 Å². The summed E-state index contributed by atoms with van der Waals surface area (Å²) in [7, 11) is 1.91. The minimum atomic E-state index is 0.586. The molecule has 2 fully saturated rings. The molecule has 2 aliphatic rings. The molecule has 1 aromatic rings. The van der Waals surface area contributed by atoms with Crippen molar-refractivity contribution in [3.05, 3.63) is 16.0 Å². The van der Waals surface area contributed by atoms with E-state index >= 15 is 0 Å². The van der Waals surface area contributed by atoms with E-state index in [2.05, 4.69) is 26.2 Å². The average Bonchev–Trinajstić information content (AvgIpc) is 3.10. The molecule has 0 amide bonds. The maximum absolute atomic E-state index is 5.42. The lowest BCUT2D eigenvalue weighted by atomic mass is 10.0. The molecule has 0 spiro atoms. The minimum Gasteiger partial charge on any atom is -0.381 e. The van der Waals surface area contributed by atoms with E-state index in [-0.39, 0.29) is 0 Å². The van der Waals surface area contributed by atoms with Gasteiger partial charge in [-0.15, -0.1) is 0 Å². The van der Waals surface area contributed by atoms with Crippen LogP contribution in [0.3, 0.4) is 0 Å². The average molecular weight is 312 g/mol. The first kappa shape index (κ1) is 12.4. The molecule has 18 heavy (non-hydrogen) atoms. The molecule has 1 aliphatic carbocycles. The molecule has 0 aromatic carbocycles. The second kappa shape index (κ2) is 5.13. The molecule has 2 heterocycles. The van der Waals surface area contributed by atoms with Crippen molar-refractivity contribution < 1.29 is 4.74 Å². The van der Waals surface area contributed by atoms with E-state index in [9.17, 15) is 0 Å². The van der Waals surface area contributed by atoms with E-state index in [1.165, 1.54) is 18.5 Å². The Morgan fingerprint density at radius 2 is 2.17 bits per heavy atom. The van der Waals surface area contributed by atoms with Gasteiger partial charge in [0.05, 0.1) is 10.2 Å². The van der Waals surface area contributed by atoms with E-state index in [0.717, 1.165) is 42.2 Å². The first-order chi connectivity index (χ1) is 8.78. The van der Waals surface area contributed by atoms with Crippen LogP contribution in [0, 0.1) is 5.92 Å². The number of aromatic nitrogens is 2. The monoisotopic (exact) mass is 311 g/mol. The highest BCUT2D eigenvalue weighted by Crippen LogP contribution is 2.43. The van der Waals surface area contributed by atoms with E-state index in [1.807, 2.05) is 7.05 Å². The van der Waals surface area contributed by atoms with Gasteiger partial charge in [-0.25, -0.2) is 9.97 Å². The van der Waals surface area contributed by atoms with Gasteiger partial charge in [0.2, 0.25) is 0 Å². The summed E-state index contributed by atoms with van der Waals surface area (Å²) in [6, 6.07) is 0. The van der Waals surface area contributed by atoms with Crippen LogP contribution in [-0.2, 0) is 11.2 Å². The Balaban J connectivity index is 1.86. The van der Waals surface area contributed by atoms with E-state index < -0.39 is 0 Å². The normalized spacial score (nSPS) is 23.3. The third-order valence-corrected chi connectivity index (χ3v) is 4.40. The van der Waals surface area contributed by atoms with Crippen LogP contribution in [0.4, 0.5) is 5.82 Å². The SMILES string of the molecule is CNc1nc(CC2CCOC2)nc(C2CC2)c1Br. The van der Waals surface area contributed by atoms with Gasteiger partial charge in [-0.1, -0.05) is 0 Å². The highest BCUT2D eigenvalue weighted by atomic mass is 79.9. The number of nitrogens with zero attached hydrogens (tertiary/aromatic N) is 2. The Bertz CT molecular complexity index is 442. The molecule has 4 nitrogen and oxygen atoms in total. The zero-order chi connectivity index (χ0) is 12.5. The molecule has 1 saturated heterocycles. The van der Waals surface area contributed by atoms with Gasteiger partial charge in [-0.2, -0.15) is 0 Å². The fraction of sp³-hybridized carbons (Fsp3) is 0.692. The fourth-order valence-corrected chi connectivity index (χ4v) is 3.10. The topological polar surface area (TPSA) is 47.0 Å². The van der Waals surface area contributed by atoms with Crippen molar-refractivity contribution in [3.63, 3.8) is 0 Å². The van der Waals surface area contributed by atoms with Crippen molar-refractivity contribution in [1.29, 1.82) is 0 Å². The molecule has 1 atom stereocenters. The van der Waals surface area contributed by atoms with Gasteiger partial charge >= 0.3 is 0 Å². The second-order valence-corrected chi connectivity index (χ2v) is 5.94. The fourth-order valence-electron chi connectivity index (χ4n) is 2.40. The number of rotatable bonds is 4. The number of halogens is 1. The summed E-state index contributed by atoms with van der Waals surface area (Å²) in [5.41, 5.74) is 1.18. The molecule has 5 heteroatoms. The predicted molar refractivity (Wildman–Crippen MR) is 73.9 cm³/mol. The predicted octanol–water partition coefficient (Wildman–Crippen LogP) is 2.74. The molecule has 1 N–H and O–H groups in total. The van der Waals surface area contributed by atoms with Gasteiger partial charge in [0.15, 0.2) is 0 Å². The summed E-state index contributed by atoms with van der Waals surface area (Å²) in [6.45, 7) is 1.74. The summed E-state index contributed by atoms with van der Waals surface area (Å²) in [5.74, 6) is 3.09. The molecule has 1 saturated carbocycles. The van der Waals surface area contributed by atoms with Crippen LogP contribution in [0.2, 0.25) is 0 Å². The lowest BCUT2D eigenvalue weighted by Gasteiger charge is -2.12. The van der Waals surface area contributed by atoms with Crippen molar-refractivity contribution in [1.82, 2.24) is 9.97 Å². The quantitative estimate of drug-likeness (QED) is 0.929. The van der Waals surface area contributed by atoms with E-state index in [4.69, 9.17) is 9.72 Å². The van der Waals surface area contributed by atoms with Gasteiger partial charge in [-0.05, 0) is 41.1 Å². The first-order valence-corrected chi connectivity index (χ1v) is 7.39. The van der Waals surface area contributed by atoms with Crippen molar-refractivity contribution in [2.75, 3.05) is 25.6 Å². The van der Waals surface area contributed by atoms with Gasteiger partial charge in [0.25, 0.3) is 0 Å². The minimum absolute atomic E-state index is 0.586. The molecule has 0 bridgehead atoms. The second-order valence-electron chi connectivity index (χ2n) is 5.15. The van der Waals surface area contributed by atoms with Crippen LogP contribution < -0.4 is 5.32 Å². The highest BCUT2D eigenvalue weighted by molar-refractivity contribution is 9.10. The van der Waals surface area contributed by atoms with Crippen LogP contribution in [-0.4, -0.2) is 30.2 Å². The van der Waals surface area contributed by atoms with Crippen molar-refractivity contribution in [3.8, 4) is 0 Å². The lowest BCUT2D eigenvalue weighted by Crippen LogP contribution is -2.11. The summed E-state index contributed by atoms with van der Waals surface area (Å²) < 4.78 is 6.46. The Morgan fingerprint density at radius 1 is 1.33 bits per heavy atom. The van der Waals surface area contributed by atoms with Crippen LogP contribution in [0.25, 0.3) is 0 Å². The van der Waals surface area contributed by atoms with Crippen LogP contribution in [0.15, 0.2) is 4.47 Å². The Labute approximate surface area is 116 Å². The highest BCUT2D eigenvalue weighted by Gasteiger charge is 2.29. The molecule has 98 valence electrons.